The van der Waals surface area contributed by atoms with Gasteiger partial charge in [0.2, 0.25) is 5.88 Å². The van der Waals surface area contributed by atoms with Crippen molar-refractivity contribution < 1.29 is 4.74 Å². The predicted molar refractivity (Wildman–Crippen MR) is 70.7 cm³/mol. The third-order valence-electron chi connectivity index (χ3n) is 3.95. The van der Waals surface area contributed by atoms with E-state index in [1.165, 1.54) is 19.3 Å². The molecule has 5 nitrogen and oxygen atoms in total. The van der Waals surface area contributed by atoms with Crippen LogP contribution >= 0.6 is 0 Å². The zero-order chi connectivity index (χ0) is 12.5. The fourth-order valence-corrected chi connectivity index (χ4v) is 3.10. The number of hydrogen-bond donors (Lipinski definition) is 1. The summed E-state index contributed by atoms with van der Waals surface area (Å²) in [6.07, 6.45) is 6.41. The highest BCUT2D eigenvalue weighted by Gasteiger charge is 2.39. The molecule has 2 N–H and O–H groups in total. The smallest absolute Gasteiger partial charge is 0.242 e. The quantitative estimate of drug-likeness (QED) is 0.880. The average Bonchev–Trinajstić information content (AvgIpc) is 3.00. The van der Waals surface area contributed by atoms with Crippen molar-refractivity contribution in [3.8, 4) is 5.88 Å². The van der Waals surface area contributed by atoms with Crippen molar-refractivity contribution in [2.75, 3.05) is 23.8 Å². The molecule has 0 spiro atoms. The molecule has 18 heavy (non-hydrogen) atoms. The number of hydrogen-bond acceptors (Lipinski definition) is 5. The number of piperidine rings is 1. The summed E-state index contributed by atoms with van der Waals surface area (Å²) in [6.45, 7) is 3.80. The van der Waals surface area contributed by atoms with Crippen LogP contribution in [-0.2, 0) is 0 Å². The van der Waals surface area contributed by atoms with Gasteiger partial charge in [0.25, 0.3) is 0 Å². The molecule has 3 rings (SSSR count). The lowest BCUT2D eigenvalue weighted by molar-refractivity contribution is 0.306. The number of anilines is 2. The van der Waals surface area contributed by atoms with Crippen LogP contribution in [0.4, 0.5) is 11.5 Å². The van der Waals surface area contributed by atoms with E-state index in [0.29, 0.717) is 24.2 Å². The minimum Gasteiger partial charge on any atom is -0.476 e. The molecule has 2 atom stereocenters. The Kier molecular flexibility index (Phi) is 2.97. The number of fused-ring (bicyclic) bond motifs is 2. The Hall–Kier alpha value is -1.52. The first-order valence-electron chi connectivity index (χ1n) is 6.79. The largest absolute Gasteiger partial charge is 0.476 e. The fourth-order valence-electron chi connectivity index (χ4n) is 3.10. The summed E-state index contributed by atoms with van der Waals surface area (Å²) in [7, 11) is 0. The zero-order valence-corrected chi connectivity index (χ0v) is 10.8. The monoisotopic (exact) mass is 248 g/mol. The van der Waals surface area contributed by atoms with E-state index < -0.39 is 0 Å². The molecule has 1 aliphatic carbocycles. The minimum atomic E-state index is 0.532. The summed E-state index contributed by atoms with van der Waals surface area (Å²) in [6, 6.07) is 0.617. The van der Waals surface area contributed by atoms with E-state index in [0.717, 1.165) is 24.7 Å². The van der Waals surface area contributed by atoms with E-state index >= 15 is 0 Å². The van der Waals surface area contributed by atoms with Gasteiger partial charge in [-0.05, 0) is 31.6 Å². The third kappa shape index (κ3) is 1.87. The van der Waals surface area contributed by atoms with Gasteiger partial charge < -0.3 is 15.4 Å². The normalized spacial score (nSPS) is 25.7. The molecule has 5 heteroatoms. The van der Waals surface area contributed by atoms with Crippen LogP contribution in [0, 0.1) is 5.92 Å². The van der Waals surface area contributed by atoms with E-state index in [1.54, 1.807) is 6.33 Å². The maximum Gasteiger partial charge on any atom is 0.242 e. The van der Waals surface area contributed by atoms with Gasteiger partial charge in [-0.1, -0.05) is 6.92 Å². The molecule has 1 aromatic heterocycles. The van der Waals surface area contributed by atoms with Gasteiger partial charge in [0.1, 0.15) is 12.0 Å². The van der Waals surface area contributed by atoms with Gasteiger partial charge in [0.15, 0.2) is 5.82 Å². The van der Waals surface area contributed by atoms with E-state index in [9.17, 15) is 0 Å². The molecule has 2 bridgehead atoms. The molecular weight excluding hydrogens is 228 g/mol. The van der Waals surface area contributed by atoms with E-state index in [4.69, 9.17) is 10.5 Å². The van der Waals surface area contributed by atoms with E-state index in [1.807, 2.05) is 0 Å². The molecule has 1 aliphatic heterocycles. The highest BCUT2D eigenvalue weighted by molar-refractivity contribution is 5.68. The summed E-state index contributed by atoms with van der Waals surface area (Å²) in [4.78, 5) is 10.8. The molecular formula is C13H20N4O. The first-order valence-corrected chi connectivity index (χ1v) is 6.79. The van der Waals surface area contributed by atoms with Crippen molar-refractivity contribution in [1.82, 2.24) is 9.97 Å². The summed E-state index contributed by atoms with van der Waals surface area (Å²) in [5.41, 5.74) is 6.74. The summed E-state index contributed by atoms with van der Waals surface area (Å²) in [5.74, 6) is 2.22. The second-order valence-electron chi connectivity index (χ2n) is 5.25. The average molecular weight is 248 g/mol. The van der Waals surface area contributed by atoms with Gasteiger partial charge in [-0.15, -0.1) is 0 Å². The predicted octanol–water partition coefficient (Wildman–Crippen LogP) is 1.84. The standard InChI is InChI=1S/C13H20N4O/c1-2-5-18-13-11(14)12(15-8-16-13)17-7-9-3-4-10(17)6-9/h8-10H,2-7,14H2,1H3. The second kappa shape index (κ2) is 4.63. The fraction of sp³-hybridized carbons (Fsp3) is 0.692. The molecule has 2 aliphatic rings. The summed E-state index contributed by atoms with van der Waals surface area (Å²) < 4.78 is 5.56. The van der Waals surface area contributed by atoms with Crippen LogP contribution in [0.2, 0.25) is 0 Å². The van der Waals surface area contributed by atoms with Crippen molar-refractivity contribution in [3.05, 3.63) is 6.33 Å². The Morgan fingerprint density at radius 3 is 3.00 bits per heavy atom. The molecule has 0 amide bonds. The van der Waals surface area contributed by atoms with Crippen LogP contribution in [-0.4, -0.2) is 29.2 Å². The van der Waals surface area contributed by atoms with E-state index in [2.05, 4.69) is 21.8 Å². The molecule has 0 radical (unpaired) electrons. The Morgan fingerprint density at radius 1 is 1.44 bits per heavy atom. The van der Waals surface area contributed by atoms with E-state index in [-0.39, 0.29) is 0 Å². The number of nitrogen functional groups attached to an aromatic ring is 1. The highest BCUT2D eigenvalue weighted by atomic mass is 16.5. The van der Waals surface area contributed by atoms with Crippen LogP contribution in [0.5, 0.6) is 5.88 Å². The third-order valence-corrected chi connectivity index (χ3v) is 3.95. The number of aromatic nitrogens is 2. The Bertz CT molecular complexity index is 437. The lowest BCUT2D eigenvalue weighted by Gasteiger charge is -2.29. The van der Waals surface area contributed by atoms with Crippen LogP contribution in [0.15, 0.2) is 6.33 Å². The minimum absolute atomic E-state index is 0.532. The van der Waals surface area contributed by atoms with Gasteiger partial charge in [-0.2, -0.15) is 4.98 Å². The van der Waals surface area contributed by atoms with Crippen molar-refractivity contribution in [3.63, 3.8) is 0 Å². The Morgan fingerprint density at radius 2 is 2.33 bits per heavy atom. The van der Waals surface area contributed by atoms with Gasteiger partial charge in [0, 0.05) is 12.6 Å². The maximum absolute atomic E-state index is 6.14. The Labute approximate surface area is 107 Å². The molecule has 1 saturated heterocycles. The molecule has 0 aromatic carbocycles. The number of ether oxygens (including phenoxy) is 1. The number of rotatable bonds is 4. The molecule has 1 saturated carbocycles. The molecule has 2 fully saturated rings. The van der Waals surface area contributed by atoms with Gasteiger partial charge in [-0.3, -0.25) is 0 Å². The van der Waals surface area contributed by atoms with Gasteiger partial charge in [-0.25, -0.2) is 4.98 Å². The second-order valence-corrected chi connectivity index (χ2v) is 5.25. The Balaban J connectivity index is 1.83. The SMILES string of the molecule is CCCOc1ncnc(N2CC3CCC2C3)c1N. The number of nitrogens with two attached hydrogens (primary N) is 1. The van der Waals surface area contributed by atoms with Crippen LogP contribution < -0.4 is 15.4 Å². The summed E-state index contributed by atoms with van der Waals surface area (Å²) >= 11 is 0. The molecule has 98 valence electrons. The summed E-state index contributed by atoms with van der Waals surface area (Å²) in [5, 5.41) is 0. The van der Waals surface area contributed by atoms with Gasteiger partial charge in [0.05, 0.1) is 6.61 Å². The maximum atomic E-state index is 6.14. The van der Waals surface area contributed by atoms with Crippen molar-refractivity contribution in [1.29, 1.82) is 0 Å². The number of nitrogens with zero attached hydrogens (tertiary/aromatic N) is 3. The molecule has 2 heterocycles. The first-order chi connectivity index (χ1) is 8.79. The zero-order valence-electron chi connectivity index (χ0n) is 10.8. The lowest BCUT2D eigenvalue weighted by atomic mass is 10.1. The van der Waals surface area contributed by atoms with Crippen LogP contribution in [0.1, 0.15) is 32.6 Å². The van der Waals surface area contributed by atoms with Crippen molar-refractivity contribution in [2.45, 2.75) is 38.6 Å². The topological polar surface area (TPSA) is 64.3 Å². The van der Waals surface area contributed by atoms with Crippen molar-refractivity contribution >= 4 is 11.5 Å². The molecule has 1 aromatic rings. The highest BCUT2D eigenvalue weighted by Crippen LogP contribution is 2.42. The molecule has 2 unspecified atom stereocenters. The van der Waals surface area contributed by atoms with Gasteiger partial charge >= 0.3 is 0 Å². The van der Waals surface area contributed by atoms with Crippen molar-refractivity contribution in [2.24, 2.45) is 5.92 Å². The lowest BCUT2D eigenvalue weighted by Crippen LogP contribution is -2.33. The van der Waals surface area contributed by atoms with Crippen LogP contribution in [0.3, 0.4) is 0 Å². The van der Waals surface area contributed by atoms with Crippen LogP contribution in [0.25, 0.3) is 0 Å². The first kappa shape index (κ1) is 11.6.